The summed E-state index contributed by atoms with van der Waals surface area (Å²) in [7, 11) is -4.76. The Kier molecular flexibility index (Phi) is 4.16. The van der Waals surface area contributed by atoms with Gasteiger partial charge in [0.25, 0.3) is 0 Å². The van der Waals surface area contributed by atoms with Crippen LogP contribution in [-0.4, -0.2) is 27.0 Å². The van der Waals surface area contributed by atoms with Gasteiger partial charge in [0, 0.05) is 12.3 Å². The molecule has 1 aliphatic rings. The Hall–Kier alpha value is -1.47. The van der Waals surface area contributed by atoms with Gasteiger partial charge in [-0.2, -0.15) is 8.42 Å². The molecule has 1 aromatic carbocycles. The summed E-state index contributed by atoms with van der Waals surface area (Å²) >= 11 is 0. The Morgan fingerprint density at radius 2 is 2.26 bits per heavy atom. The van der Waals surface area contributed by atoms with Crippen molar-refractivity contribution in [2.45, 2.75) is 30.3 Å². The average Bonchev–Trinajstić information content (AvgIpc) is 2.80. The molecule has 1 saturated heterocycles. The molecule has 0 aliphatic carbocycles. The van der Waals surface area contributed by atoms with Gasteiger partial charge in [-0.05, 0) is 31.0 Å². The molecule has 7 heteroatoms. The number of amides is 1. The molecule has 0 spiro atoms. The fourth-order valence-corrected chi connectivity index (χ4v) is 2.46. The van der Waals surface area contributed by atoms with Crippen LogP contribution in [0.2, 0.25) is 0 Å². The first-order chi connectivity index (χ1) is 8.95. The quantitative estimate of drug-likeness (QED) is 0.858. The first-order valence-electron chi connectivity index (χ1n) is 5.91. The fourth-order valence-electron chi connectivity index (χ4n) is 1.95. The summed E-state index contributed by atoms with van der Waals surface area (Å²) in [6.07, 6.45) is 1.90. The normalized spacial score (nSPS) is 19.3. The molecule has 5 nitrogen and oxygen atoms in total. The number of rotatable bonds is 4. The van der Waals surface area contributed by atoms with Crippen molar-refractivity contribution in [1.82, 2.24) is 0 Å². The molecular weight excluding hydrogens is 273 g/mol. The highest BCUT2D eigenvalue weighted by Gasteiger charge is 2.19. The highest BCUT2D eigenvalue weighted by atomic mass is 32.3. The molecule has 104 valence electrons. The molecule has 1 heterocycles. The molecule has 0 unspecified atom stereocenters. The van der Waals surface area contributed by atoms with Crippen LogP contribution in [0.4, 0.5) is 9.57 Å². The lowest BCUT2D eigenvalue weighted by molar-refractivity contribution is -0.118. The molecule has 1 fully saturated rings. The van der Waals surface area contributed by atoms with E-state index in [0.717, 1.165) is 25.0 Å². The van der Waals surface area contributed by atoms with E-state index in [-0.39, 0.29) is 24.1 Å². The third-order valence-corrected chi connectivity index (χ3v) is 3.65. The Balaban J connectivity index is 2.00. The Morgan fingerprint density at radius 1 is 1.47 bits per heavy atom. The Labute approximate surface area is 111 Å². The number of ether oxygens (including phenoxy) is 1. The van der Waals surface area contributed by atoms with Crippen molar-refractivity contribution < 1.29 is 21.8 Å². The summed E-state index contributed by atoms with van der Waals surface area (Å²) in [4.78, 5) is 11.2. The minimum absolute atomic E-state index is 0.0897. The summed E-state index contributed by atoms with van der Waals surface area (Å²) in [6.45, 7) is 0.660. The van der Waals surface area contributed by atoms with E-state index in [1.807, 2.05) is 0 Å². The second kappa shape index (κ2) is 5.66. The first kappa shape index (κ1) is 14.0. The molecule has 1 aliphatic heterocycles. The number of hydrogen-bond donors (Lipinski definition) is 1. The van der Waals surface area contributed by atoms with Crippen LogP contribution < -0.4 is 5.32 Å². The number of anilines is 1. The highest BCUT2D eigenvalue weighted by molar-refractivity contribution is 7.86. The minimum Gasteiger partial charge on any atom is -0.378 e. The van der Waals surface area contributed by atoms with Gasteiger partial charge in [0.1, 0.15) is 4.90 Å². The maximum absolute atomic E-state index is 12.8. The second-order valence-corrected chi connectivity index (χ2v) is 5.70. The predicted molar refractivity (Wildman–Crippen MR) is 67.0 cm³/mol. The molecule has 1 amide bonds. The van der Waals surface area contributed by atoms with Gasteiger partial charge in [-0.1, -0.05) is 6.07 Å². The molecule has 0 bridgehead atoms. The van der Waals surface area contributed by atoms with Gasteiger partial charge >= 0.3 is 10.2 Å². The number of carbonyl (C=O) groups is 1. The van der Waals surface area contributed by atoms with Crippen molar-refractivity contribution >= 4 is 21.8 Å². The van der Waals surface area contributed by atoms with Gasteiger partial charge in [-0.15, -0.1) is 3.89 Å². The maximum atomic E-state index is 12.8. The van der Waals surface area contributed by atoms with E-state index in [0.29, 0.717) is 6.61 Å². The van der Waals surface area contributed by atoms with Crippen molar-refractivity contribution in [2.24, 2.45) is 0 Å². The zero-order valence-electron chi connectivity index (χ0n) is 10.1. The first-order valence-corrected chi connectivity index (χ1v) is 7.30. The van der Waals surface area contributed by atoms with E-state index in [9.17, 15) is 17.1 Å². The van der Waals surface area contributed by atoms with Crippen LogP contribution in [0.25, 0.3) is 0 Å². The second-order valence-electron chi connectivity index (χ2n) is 4.35. The summed E-state index contributed by atoms with van der Waals surface area (Å²) in [5.74, 6) is -0.277. The topological polar surface area (TPSA) is 72.5 Å². The van der Waals surface area contributed by atoms with Crippen LogP contribution in [0.15, 0.2) is 29.2 Å². The van der Waals surface area contributed by atoms with Gasteiger partial charge in [-0.3, -0.25) is 4.79 Å². The van der Waals surface area contributed by atoms with Crippen molar-refractivity contribution in [3.8, 4) is 0 Å². The number of halogens is 1. The molecule has 0 saturated carbocycles. The zero-order chi connectivity index (χ0) is 13.9. The lowest BCUT2D eigenvalue weighted by atomic mass is 10.2. The van der Waals surface area contributed by atoms with Gasteiger partial charge in [0.2, 0.25) is 5.91 Å². The Morgan fingerprint density at radius 3 is 2.89 bits per heavy atom. The highest BCUT2D eigenvalue weighted by Crippen LogP contribution is 2.19. The van der Waals surface area contributed by atoms with E-state index < -0.39 is 15.1 Å². The van der Waals surface area contributed by atoms with Crippen molar-refractivity contribution in [1.29, 1.82) is 0 Å². The largest absolute Gasteiger partial charge is 0.378 e. The summed E-state index contributed by atoms with van der Waals surface area (Å²) in [6, 6.07) is 5.09. The van der Waals surface area contributed by atoms with E-state index >= 15 is 0 Å². The van der Waals surface area contributed by atoms with E-state index in [1.54, 1.807) is 0 Å². The van der Waals surface area contributed by atoms with Gasteiger partial charge < -0.3 is 10.1 Å². The average molecular weight is 287 g/mol. The molecule has 1 atom stereocenters. The van der Waals surface area contributed by atoms with Crippen LogP contribution in [0.5, 0.6) is 0 Å². The molecule has 2 rings (SSSR count). The third-order valence-electron chi connectivity index (χ3n) is 2.84. The summed E-state index contributed by atoms with van der Waals surface area (Å²) in [5.41, 5.74) is 0.252. The van der Waals surface area contributed by atoms with Crippen LogP contribution in [0.1, 0.15) is 19.3 Å². The minimum atomic E-state index is -4.76. The SMILES string of the molecule is O=C(C[C@@H]1CCCO1)Nc1cccc(S(=O)(=O)F)c1. The lowest BCUT2D eigenvalue weighted by Crippen LogP contribution is -2.19. The standard InChI is InChI=1S/C12H14FNO4S/c13-19(16,17)11-5-1-3-9(7-11)14-12(15)8-10-4-2-6-18-10/h1,3,5,7,10H,2,4,6,8H2,(H,14,15)/t10-/m0/s1. The van der Waals surface area contributed by atoms with Crippen LogP contribution in [0.3, 0.4) is 0 Å². The summed E-state index contributed by atoms with van der Waals surface area (Å²) < 4.78 is 39.6. The third kappa shape index (κ3) is 4.00. The van der Waals surface area contributed by atoms with Crippen LogP contribution in [0, 0.1) is 0 Å². The van der Waals surface area contributed by atoms with Crippen LogP contribution >= 0.6 is 0 Å². The van der Waals surface area contributed by atoms with Gasteiger partial charge in [0.15, 0.2) is 0 Å². The molecule has 0 aromatic heterocycles. The van der Waals surface area contributed by atoms with E-state index in [2.05, 4.69) is 5.32 Å². The Bertz CT molecular complexity index is 567. The molecular formula is C12H14FNO4S. The van der Waals surface area contributed by atoms with E-state index in [1.165, 1.54) is 12.1 Å². The number of carbonyl (C=O) groups excluding carboxylic acids is 1. The molecule has 1 N–H and O–H groups in total. The van der Waals surface area contributed by atoms with E-state index in [4.69, 9.17) is 4.74 Å². The number of hydrogen-bond acceptors (Lipinski definition) is 4. The zero-order valence-corrected chi connectivity index (χ0v) is 11.0. The van der Waals surface area contributed by atoms with Gasteiger partial charge in [0.05, 0.1) is 12.5 Å². The fraction of sp³-hybridized carbons (Fsp3) is 0.417. The van der Waals surface area contributed by atoms with Crippen LogP contribution in [-0.2, 0) is 19.8 Å². The van der Waals surface area contributed by atoms with Gasteiger partial charge in [-0.25, -0.2) is 0 Å². The molecule has 19 heavy (non-hydrogen) atoms. The van der Waals surface area contributed by atoms with Crippen molar-refractivity contribution in [3.63, 3.8) is 0 Å². The predicted octanol–water partition coefficient (Wildman–Crippen LogP) is 1.85. The molecule has 1 aromatic rings. The number of nitrogens with one attached hydrogen (secondary N) is 1. The van der Waals surface area contributed by atoms with Crippen molar-refractivity contribution in [2.75, 3.05) is 11.9 Å². The summed E-state index contributed by atoms with van der Waals surface area (Å²) in [5, 5.41) is 2.53. The smallest absolute Gasteiger partial charge is 0.332 e. The lowest BCUT2D eigenvalue weighted by Gasteiger charge is -2.10. The maximum Gasteiger partial charge on any atom is 0.332 e. The molecule has 0 radical (unpaired) electrons. The monoisotopic (exact) mass is 287 g/mol. The van der Waals surface area contributed by atoms with Crippen molar-refractivity contribution in [3.05, 3.63) is 24.3 Å². The number of benzene rings is 1.